The molecule has 2 saturated carbocycles. The third-order valence-corrected chi connectivity index (χ3v) is 6.41. The van der Waals surface area contributed by atoms with Crippen molar-refractivity contribution in [2.24, 2.45) is 35.0 Å². The summed E-state index contributed by atoms with van der Waals surface area (Å²) in [4.78, 5) is 11.1. The molecule has 0 aromatic heterocycles. The van der Waals surface area contributed by atoms with E-state index in [4.69, 9.17) is 0 Å². The Kier molecular flexibility index (Phi) is 4.27. The van der Waals surface area contributed by atoms with Crippen LogP contribution in [0.1, 0.15) is 66.2 Å². The van der Waals surface area contributed by atoms with Crippen LogP contribution in [-0.4, -0.2) is 11.1 Å². The molecule has 0 saturated heterocycles. The maximum absolute atomic E-state index is 11.1. The second kappa shape index (κ2) is 5.46. The zero-order valence-corrected chi connectivity index (χ0v) is 13.0. The first-order valence-electron chi connectivity index (χ1n) is 8.06. The summed E-state index contributed by atoms with van der Waals surface area (Å²) in [6.07, 6.45) is 6.59. The van der Waals surface area contributed by atoms with Crippen LogP contribution in [0.15, 0.2) is 0 Å². The molecular weight excluding hydrogens is 236 g/mol. The highest BCUT2D eigenvalue weighted by atomic mass is 16.4. The van der Waals surface area contributed by atoms with Gasteiger partial charge in [-0.2, -0.15) is 0 Å². The molecule has 2 heteroatoms. The number of carboxylic acids is 1. The van der Waals surface area contributed by atoms with Crippen LogP contribution in [0.3, 0.4) is 0 Å². The van der Waals surface area contributed by atoms with Crippen molar-refractivity contribution in [1.29, 1.82) is 0 Å². The van der Waals surface area contributed by atoms with E-state index in [0.717, 1.165) is 30.1 Å². The van der Waals surface area contributed by atoms with E-state index >= 15 is 0 Å². The van der Waals surface area contributed by atoms with Gasteiger partial charge in [0.05, 0.1) is 0 Å². The molecule has 2 aliphatic rings. The van der Waals surface area contributed by atoms with Crippen molar-refractivity contribution in [3.8, 4) is 0 Å². The molecule has 0 aliphatic heterocycles. The Morgan fingerprint density at radius 1 is 1.32 bits per heavy atom. The summed E-state index contributed by atoms with van der Waals surface area (Å²) in [5.74, 6) is 2.94. The first kappa shape index (κ1) is 14.9. The van der Waals surface area contributed by atoms with E-state index in [1.165, 1.54) is 25.7 Å². The third kappa shape index (κ3) is 2.83. The van der Waals surface area contributed by atoms with Crippen LogP contribution < -0.4 is 0 Å². The Morgan fingerprint density at radius 2 is 2.00 bits per heavy atom. The summed E-state index contributed by atoms with van der Waals surface area (Å²) in [6, 6.07) is 0. The van der Waals surface area contributed by atoms with Gasteiger partial charge >= 0.3 is 5.97 Å². The van der Waals surface area contributed by atoms with Gasteiger partial charge in [-0.05, 0) is 60.7 Å². The molecule has 2 aliphatic carbocycles. The van der Waals surface area contributed by atoms with Gasteiger partial charge in [-0.15, -0.1) is 0 Å². The van der Waals surface area contributed by atoms with Crippen LogP contribution in [0, 0.1) is 35.0 Å². The van der Waals surface area contributed by atoms with Crippen LogP contribution in [0.2, 0.25) is 0 Å². The van der Waals surface area contributed by atoms with Crippen molar-refractivity contribution >= 4 is 5.97 Å². The van der Waals surface area contributed by atoms with Gasteiger partial charge in [0.25, 0.3) is 0 Å². The van der Waals surface area contributed by atoms with E-state index in [9.17, 15) is 9.90 Å². The largest absolute Gasteiger partial charge is 0.481 e. The molecule has 0 heterocycles. The third-order valence-electron chi connectivity index (χ3n) is 6.41. The standard InChI is InChI=1S/C17H30O2/c1-11(2)13-7-8-17(4)14(10-16(18)19)6-5-12(3)15(17)9-13/h11-15H,5-10H2,1-4H3,(H,18,19)/t12-,13+,14?,15-,17-/m0/s1. The smallest absolute Gasteiger partial charge is 0.303 e. The summed E-state index contributed by atoms with van der Waals surface area (Å²) in [5, 5.41) is 9.18. The molecule has 2 nitrogen and oxygen atoms in total. The highest BCUT2D eigenvalue weighted by molar-refractivity contribution is 5.67. The number of fused-ring (bicyclic) bond motifs is 1. The predicted octanol–water partition coefficient (Wildman–Crippen LogP) is 4.59. The van der Waals surface area contributed by atoms with Crippen LogP contribution in [0.25, 0.3) is 0 Å². The predicted molar refractivity (Wildman–Crippen MR) is 77.9 cm³/mol. The molecule has 19 heavy (non-hydrogen) atoms. The average Bonchev–Trinajstić information content (AvgIpc) is 2.32. The van der Waals surface area contributed by atoms with Crippen LogP contribution in [0.5, 0.6) is 0 Å². The lowest BCUT2D eigenvalue weighted by atomic mass is 9.50. The number of aliphatic carboxylic acids is 1. The number of hydrogen-bond acceptors (Lipinski definition) is 1. The van der Waals surface area contributed by atoms with Gasteiger partial charge in [0.1, 0.15) is 0 Å². The van der Waals surface area contributed by atoms with Gasteiger partial charge in [0.2, 0.25) is 0 Å². The first-order valence-corrected chi connectivity index (χ1v) is 8.06. The number of hydrogen-bond donors (Lipinski definition) is 1. The Labute approximate surface area is 118 Å². The fourth-order valence-corrected chi connectivity index (χ4v) is 4.93. The normalized spacial score (nSPS) is 43.0. The lowest BCUT2D eigenvalue weighted by Crippen LogP contribution is -2.47. The molecule has 0 spiro atoms. The molecule has 2 rings (SSSR count). The minimum Gasteiger partial charge on any atom is -0.481 e. The van der Waals surface area contributed by atoms with E-state index in [-0.39, 0.29) is 5.41 Å². The van der Waals surface area contributed by atoms with E-state index in [0.29, 0.717) is 12.3 Å². The molecule has 2 fully saturated rings. The van der Waals surface area contributed by atoms with Gasteiger partial charge in [-0.1, -0.05) is 34.1 Å². The Hall–Kier alpha value is -0.530. The minimum absolute atomic E-state index is 0.279. The van der Waals surface area contributed by atoms with Crippen LogP contribution in [0.4, 0.5) is 0 Å². The summed E-state index contributed by atoms with van der Waals surface area (Å²) in [5.41, 5.74) is 0.279. The van der Waals surface area contributed by atoms with E-state index in [1.54, 1.807) is 0 Å². The van der Waals surface area contributed by atoms with E-state index < -0.39 is 5.97 Å². The van der Waals surface area contributed by atoms with Gasteiger partial charge in [-0.3, -0.25) is 4.79 Å². The zero-order valence-electron chi connectivity index (χ0n) is 13.0. The molecule has 5 atom stereocenters. The van der Waals surface area contributed by atoms with Gasteiger partial charge in [0, 0.05) is 6.42 Å². The fourth-order valence-electron chi connectivity index (χ4n) is 4.93. The van der Waals surface area contributed by atoms with E-state index in [1.807, 2.05) is 0 Å². The maximum Gasteiger partial charge on any atom is 0.303 e. The highest BCUT2D eigenvalue weighted by Crippen LogP contribution is 2.58. The molecule has 110 valence electrons. The summed E-state index contributed by atoms with van der Waals surface area (Å²) in [6.45, 7) is 9.46. The van der Waals surface area contributed by atoms with Crippen molar-refractivity contribution in [2.45, 2.75) is 66.2 Å². The second-order valence-electron chi connectivity index (χ2n) is 7.74. The monoisotopic (exact) mass is 266 g/mol. The number of carbonyl (C=O) groups is 1. The number of carboxylic acid groups (broad SMARTS) is 1. The molecule has 0 bridgehead atoms. The van der Waals surface area contributed by atoms with Gasteiger partial charge in [0.15, 0.2) is 0 Å². The SMILES string of the molecule is CC(C)[C@@H]1CC[C@@]2(C)C(CC(=O)O)CC[C@H](C)[C@@H]2C1. The van der Waals surface area contributed by atoms with Crippen molar-refractivity contribution in [3.05, 3.63) is 0 Å². The van der Waals surface area contributed by atoms with Crippen molar-refractivity contribution in [3.63, 3.8) is 0 Å². The molecule has 0 amide bonds. The van der Waals surface area contributed by atoms with Gasteiger partial charge < -0.3 is 5.11 Å². The molecule has 0 aromatic carbocycles. The van der Waals surface area contributed by atoms with Crippen LogP contribution in [-0.2, 0) is 4.79 Å². The molecule has 0 radical (unpaired) electrons. The van der Waals surface area contributed by atoms with Crippen molar-refractivity contribution < 1.29 is 9.90 Å². The van der Waals surface area contributed by atoms with Crippen molar-refractivity contribution in [2.75, 3.05) is 0 Å². The van der Waals surface area contributed by atoms with E-state index in [2.05, 4.69) is 27.7 Å². The Bertz CT molecular complexity index is 336. The average molecular weight is 266 g/mol. The fraction of sp³-hybridized carbons (Fsp3) is 0.941. The topological polar surface area (TPSA) is 37.3 Å². The molecule has 0 aromatic rings. The Morgan fingerprint density at radius 3 is 2.58 bits per heavy atom. The lowest BCUT2D eigenvalue weighted by molar-refractivity contribution is -0.142. The van der Waals surface area contributed by atoms with Crippen molar-refractivity contribution in [1.82, 2.24) is 0 Å². The minimum atomic E-state index is -0.606. The molecule has 1 N–H and O–H groups in total. The highest BCUT2D eigenvalue weighted by Gasteiger charge is 2.50. The number of rotatable bonds is 3. The Balaban J connectivity index is 2.17. The summed E-state index contributed by atoms with van der Waals surface area (Å²) < 4.78 is 0. The maximum atomic E-state index is 11.1. The van der Waals surface area contributed by atoms with Gasteiger partial charge in [-0.25, -0.2) is 0 Å². The van der Waals surface area contributed by atoms with Crippen LogP contribution >= 0.6 is 0 Å². The first-order chi connectivity index (χ1) is 8.84. The second-order valence-corrected chi connectivity index (χ2v) is 7.74. The summed E-state index contributed by atoms with van der Waals surface area (Å²) >= 11 is 0. The molecular formula is C17H30O2. The molecule has 1 unspecified atom stereocenters. The zero-order chi connectivity index (χ0) is 14.2. The summed E-state index contributed by atoms with van der Waals surface area (Å²) in [7, 11) is 0. The quantitative estimate of drug-likeness (QED) is 0.811. The lowest BCUT2D eigenvalue weighted by Gasteiger charge is -2.55.